The van der Waals surface area contributed by atoms with Crippen LogP contribution in [0.5, 0.6) is 0 Å². The van der Waals surface area contributed by atoms with Gasteiger partial charge in [0, 0.05) is 62.7 Å². The molecule has 0 aromatic heterocycles. The van der Waals surface area contributed by atoms with Gasteiger partial charge in [-0.3, -0.25) is 19.3 Å². The van der Waals surface area contributed by atoms with Gasteiger partial charge in [0.15, 0.2) is 5.78 Å². The fourth-order valence-electron chi connectivity index (χ4n) is 3.41. The van der Waals surface area contributed by atoms with E-state index in [2.05, 4.69) is 4.90 Å². The van der Waals surface area contributed by atoms with E-state index >= 15 is 0 Å². The van der Waals surface area contributed by atoms with Crippen LogP contribution in [0, 0.1) is 0 Å². The van der Waals surface area contributed by atoms with Crippen LogP contribution >= 0.6 is 11.6 Å². The van der Waals surface area contributed by atoms with E-state index in [9.17, 15) is 14.4 Å². The van der Waals surface area contributed by atoms with Crippen LogP contribution in [0.2, 0.25) is 5.02 Å². The summed E-state index contributed by atoms with van der Waals surface area (Å²) in [5.74, 6) is -0.00107. The van der Waals surface area contributed by atoms with E-state index in [0.29, 0.717) is 56.5 Å². The van der Waals surface area contributed by atoms with Crippen LogP contribution in [0.3, 0.4) is 0 Å². The normalized spacial score (nSPS) is 18.2. The molecular formula is C20H26ClN3O4. The molecule has 2 aliphatic rings. The van der Waals surface area contributed by atoms with Gasteiger partial charge in [-0.05, 0) is 24.3 Å². The highest BCUT2D eigenvalue weighted by molar-refractivity contribution is 6.30. The van der Waals surface area contributed by atoms with E-state index < -0.39 is 0 Å². The average Bonchev–Trinajstić information content (AvgIpc) is 2.73. The molecule has 0 spiro atoms. The quantitative estimate of drug-likeness (QED) is 0.665. The number of ether oxygens (including phenoxy) is 1. The molecule has 7 nitrogen and oxygen atoms in total. The predicted octanol–water partition coefficient (Wildman–Crippen LogP) is 1.31. The van der Waals surface area contributed by atoms with Gasteiger partial charge in [0.25, 0.3) is 0 Å². The van der Waals surface area contributed by atoms with Crippen molar-refractivity contribution in [3.05, 3.63) is 34.9 Å². The van der Waals surface area contributed by atoms with Crippen molar-refractivity contribution in [3.8, 4) is 0 Å². The number of hydrogen-bond acceptors (Lipinski definition) is 5. The van der Waals surface area contributed by atoms with Crippen LogP contribution in [0.1, 0.15) is 23.2 Å². The van der Waals surface area contributed by atoms with Gasteiger partial charge >= 0.3 is 0 Å². The Morgan fingerprint density at radius 2 is 1.39 bits per heavy atom. The number of rotatable bonds is 6. The molecule has 2 fully saturated rings. The maximum absolute atomic E-state index is 12.4. The first-order valence-corrected chi connectivity index (χ1v) is 10.0. The second-order valence-electron chi connectivity index (χ2n) is 7.08. The zero-order valence-electron chi connectivity index (χ0n) is 15.9. The van der Waals surface area contributed by atoms with Crippen molar-refractivity contribution in [2.24, 2.45) is 0 Å². The predicted molar refractivity (Wildman–Crippen MR) is 105 cm³/mol. The zero-order chi connectivity index (χ0) is 19.9. The molecule has 3 rings (SSSR count). The Morgan fingerprint density at radius 3 is 2.00 bits per heavy atom. The molecule has 28 heavy (non-hydrogen) atoms. The number of ketones is 1. The molecule has 2 amide bonds. The number of piperazine rings is 1. The first-order valence-electron chi connectivity index (χ1n) is 9.67. The third-order valence-electron chi connectivity index (χ3n) is 5.18. The summed E-state index contributed by atoms with van der Waals surface area (Å²) in [6.07, 6.45) is 0.361. The molecular weight excluding hydrogens is 382 g/mol. The molecule has 0 atom stereocenters. The van der Waals surface area contributed by atoms with Crippen LogP contribution in [-0.4, -0.2) is 91.3 Å². The Kier molecular flexibility index (Phi) is 7.42. The fourth-order valence-corrected chi connectivity index (χ4v) is 3.54. The highest BCUT2D eigenvalue weighted by atomic mass is 35.5. The van der Waals surface area contributed by atoms with Gasteiger partial charge < -0.3 is 14.5 Å². The number of benzene rings is 1. The second-order valence-corrected chi connectivity index (χ2v) is 7.52. The van der Waals surface area contributed by atoms with Gasteiger partial charge in [-0.25, -0.2) is 0 Å². The topological polar surface area (TPSA) is 70.2 Å². The minimum Gasteiger partial charge on any atom is -0.379 e. The number of Topliss-reactive ketones (excluding diaryl/α,β-unsaturated/α-hetero) is 1. The molecule has 2 saturated heterocycles. The molecule has 0 N–H and O–H groups in total. The van der Waals surface area contributed by atoms with E-state index in [1.807, 2.05) is 4.90 Å². The third kappa shape index (κ3) is 5.77. The number of carbonyl (C=O) groups is 3. The molecule has 1 aromatic rings. The van der Waals surface area contributed by atoms with Gasteiger partial charge in [-0.15, -0.1) is 0 Å². The highest BCUT2D eigenvalue weighted by Crippen LogP contribution is 2.13. The average molecular weight is 408 g/mol. The number of morpholine rings is 1. The van der Waals surface area contributed by atoms with Gasteiger partial charge in [-0.1, -0.05) is 11.6 Å². The first kappa shape index (κ1) is 20.8. The standard InChI is InChI=1S/C20H26ClN3O4/c21-17-3-1-16(2-4-17)18(25)5-6-19(26)23-7-9-24(10-8-23)20(27)15-22-11-13-28-14-12-22/h1-4H,5-15H2. The van der Waals surface area contributed by atoms with Crippen molar-refractivity contribution >= 4 is 29.2 Å². The largest absolute Gasteiger partial charge is 0.379 e. The minimum atomic E-state index is -0.0654. The summed E-state index contributed by atoms with van der Waals surface area (Å²) in [7, 11) is 0. The molecule has 1 aromatic carbocycles. The van der Waals surface area contributed by atoms with Crippen molar-refractivity contribution in [2.45, 2.75) is 12.8 Å². The number of nitrogens with zero attached hydrogens (tertiary/aromatic N) is 3. The lowest BCUT2D eigenvalue weighted by atomic mass is 10.1. The Hall–Kier alpha value is -1.96. The maximum Gasteiger partial charge on any atom is 0.236 e. The molecule has 2 aliphatic heterocycles. The van der Waals surface area contributed by atoms with Crippen molar-refractivity contribution in [2.75, 3.05) is 59.0 Å². The highest BCUT2D eigenvalue weighted by Gasteiger charge is 2.25. The van der Waals surface area contributed by atoms with Crippen LogP contribution in [0.15, 0.2) is 24.3 Å². The molecule has 0 saturated carbocycles. The summed E-state index contributed by atoms with van der Waals surface area (Å²) in [6.45, 7) is 5.44. The van der Waals surface area contributed by atoms with E-state index in [-0.39, 0.29) is 30.4 Å². The van der Waals surface area contributed by atoms with E-state index in [0.717, 1.165) is 13.1 Å². The van der Waals surface area contributed by atoms with Crippen molar-refractivity contribution in [1.82, 2.24) is 14.7 Å². The van der Waals surface area contributed by atoms with Crippen LogP contribution in [0.25, 0.3) is 0 Å². The lowest BCUT2D eigenvalue weighted by Crippen LogP contribution is -2.53. The molecule has 8 heteroatoms. The Labute approximate surface area is 170 Å². The van der Waals surface area contributed by atoms with Gasteiger partial charge in [0.2, 0.25) is 11.8 Å². The van der Waals surface area contributed by atoms with Gasteiger partial charge in [0.1, 0.15) is 0 Å². The molecule has 2 heterocycles. The lowest BCUT2D eigenvalue weighted by Gasteiger charge is -2.36. The lowest BCUT2D eigenvalue weighted by molar-refractivity contribution is -0.140. The number of halogens is 1. The van der Waals surface area contributed by atoms with Crippen LogP contribution < -0.4 is 0 Å². The minimum absolute atomic E-state index is 0.0393. The smallest absolute Gasteiger partial charge is 0.236 e. The summed E-state index contributed by atoms with van der Waals surface area (Å²) in [4.78, 5) is 42.7. The second kappa shape index (κ2) is 10.0. The summed E-state index contributed by atoms with van der Waals surface area (Å²) >= 11 is 5.83. The van der Waals surface area contributed by atoms with Crippen LogP contribution in [0.4, 0.5) is 0 Å². The van der Waals surface area contributed by atoms with Crippen molar-refractivity contribution < 1.29 is 19.1 Å². The number of amides is 2. The maximum atomic E-state index is 12.4. The number of hydrogen-bond donors (Lipinski definition) is 0. The van der Waals surface area contributed by atoms with E-state index in [1.165, 1.54) is 0 Å². The summed E-state index contributed by atoms with van der Waals surface area (Å²) in [5, 5.41) is 0.577. The molecule has 0 aliphatic carbocycles. The molecule has 0 bridgehead atoms. The van der Waals surface area contributed by atoms with E-state index in [1.54, 1.807) is 29.2 Å². The summed E-state index contributed by atoms with van der Waals surface area (Å²) < 4.78 is 5.30. The molecule has 0 radical (unpaired) electrons. The summed E-state index contributed by atoms with van der Waals surface area (Å²) in [5.41, 5.74) is 0.565. The van der Waals surface area contributed by atoms with Crippen molar-refractivity contribution in [1.29, 1.82) is 0 Å². The summed E-state index contributed by atoms with van der Waals surface area (Å²) in [6, 6.07) is 6.69. The van der Waals surface area contributed by atoms with Crippen molar-refractivity contribution in [3.63, 3.8) is 0 Å². The van der Waals surface area contributed by atoms with Gasteiger partial charge in [0.05, 0.1) is 19.8 Å². The van der Waals surface area contributed by atoms with E-state index in [4.69, 9.17) is 16.3 Å². The fraction of sp³-hybridized carbons (Fsp3) is 0.550. The Bertz CT molecular complexity index is 696. The Balaban J connectivity index is 1.39. The third-order valence-corrected chi connectivity index (χ3v) is 5.43. The first-order chi connectivity index (χ1) is 13.5. The van der Waals surface area contributed by atoms with Gasteiger partial charge in [-0.2, -0.15) is 0 Å². The zero-order valence-corrected chi connectivity index (χ0v) is 16.7. The SMILES string of the molecule is O=C(CCC(=O)N1CCN(C(=O)CN2CCOCC2)CC1)c1ccc(Cl)cc1. The molecule has 152 valence electrons. The van der Waals surface area contributed by atoms with Crippen LogP contribution in [-0.2, 0) is 14.3 Å². The monoisotopic (exact) mass is 407 g/mol. The molecule has 0 unspecified atom stereocenters. The Morgan fingerprint density at radius 1 is 0.821 bits per heavy atom. The number of carbonyl (C=O) groups excluding carboxylic acids is 3.